The van der Waals surface area contributed by atoms with E-state index in [1.807, 2.05) is 6.92 Å². The van der Waals surface area contributed by atoms with Crippen molar-refractivity contribution in [3.05, 3.63) is 21.5 Å². The van der Waals surface area contributed by atoms with Gasteiger partial charge in [0.2, 0.25) is 5.91 Å². The number of fused-ring (bicyclic) bond motifs is 1. The first-order chi connectivity index (χ1) is 13.6. The van der Waals surface area contributed by atoms with Crippen molar-refractivity contribution >= 4 is 39.9 Å². The van der Waals surface area contributed by atoms with Crippen LogP contribution in [-0.2, 0) is 27.2 Å². The summed E-state index contributed by atoms with van der Waals surface area (Å²) in [7, 11) is 1.76. The molecule has 3 atom stereocenters. The third-order valence-electron chi connectivity index (χ3n) is 5.95. The Bertz CT molecular complexity index is 873. The van der Waals surface area contributed by atoms with Crippen LogP contribution in [0.5, 0.6) is 0 Å². The molecule has 0 bridgehead atoms. The van der Waals surface area contributed by atoms with E-state index in [2.05, 4.69) is 10.7 Å². The van der Waals surface area contributed by atoms with Crippen LogP contribution >= 0.6 is 22.7 Å². The predicted molar refractivity (Wildman–Crippen MR) is 113 cm³/mol. The lowest BCUT2D eigenvalue weighted by molar-refractivity contribution is -0.126. The molecule has 2 aliphatic rings. The Kier molecular flexibility index (Phi) is 5.94. The lowest BCUT2D eigenvalue weighted by atomic mass is 9.79. The zero-order valence-corrected chi connectivity index (χ0v) is 18.0. The molecular formula is C21H26N2O3S2. The van der Waals surface area contributed by atoms with E-state index in [0.717, 1.165) is 72.5 Å². The molecule has 1 amide bonds. The summed E-state index contributed by atoms with van der Waals surface area (Å²) in [5, 5.41) is 7.09. The minimum absolute atomic E-state index is 0.0202. The molecule has 0 aromatic carbocycles. The molecule has 150 valence electrons. The number of amides is 1. The lowest BCUT2D eigenvalue weighted by Gasteiger charge is -2.26. The number of hydrogen-bond donors (Lipinski definition) is 1. The molecule has 2 heterocycles. The SMILES string of the molecule is COC1CCc2c(sc(NC(=O)C3CCCCC3C=O)c2-c2nc(C)cs2)C1. The topological polar surface area (TPSA) is 68.3 Å². The number of anilines is 1. The van der Waals surface area contributed by atoms with Crippen LogP contribution in [0.15, 0.2) is 5.38 Å². The maximum atomic E-state index is 13.1. The first-order valence-electron chi connectivity index (χ1n) is 9.96. The van der Waals surface area contributed by atoms with E-state index >= 15 is 0 Å². The van der Waals surface area contributed by atoms with E-state index in [0.29, 0.717) is 0 Å². The summed E-state index contributed by atoms with van der Waals surface area (Å²) in [6, 6.07) is 0. The van der Waals surface area contributed by atoms with Gasteiger partial charge in [0.05, 0.1) is 6.10 Å². The summed E-state index contributed by atoms with van der Waals surface area (Å²) in [6.07, 6.45) is 7.66. The van der Waals surface area contributed by atoms with Crippen LogP contribution < -0.4 is 5.32 Å². The summed E-state index contributed by atoms with van der Waals surface area (Å²) in [5.41, 5.74) is 3.38. The number of hydrogen-bond acceptors (Lipinski definition) is 6. The average molecular weight is 419 g/mol. The summed E-state index contributed by atoms with van der Waals surface area (Å²) < 4.78 is 5.58. The number of aldehydes is 1. The standard InChI is InChI=1S/C21H26N2O3S2/c1-12-11-27-20(22-12)18-16-8-7-14(26-2)9-17(16)28-21(18)23-19(25)15-6-4-3-5-13(15)10-24/h10-11,13-15H,3-9H2,1-2H3,(H,23,25). The molecule has 0 spiro atoms. The third-order valence-corrected chi connectivity index (χ3v) is 8.10. The van der Waals surface area contributed by atoms with Crippen LogP contribution in [-0.4, -0.2) is 30.4 Å². The van der Waals surface area contributed by atoms with E-state index < -0.39 is 0 Å². The number of thiophene rings is 1. The van der Waals surface area contributed by atoms with Gasteiger partial charge in [-0.25, -0.2) is 4.98 Å². The Hall–Kier alpha value is -1.57. The number of carbonyl (C=O) groups excluding carboxylic acids is 2. The van der Waals surface area contributed by atoms with Gasteiger partial charge in [0.1, 0.15) is 16.3 Å². The predicted octanol–water partition coefficient (Wildman–Crippen LogP) is 4.63. The number of rotatable bonds is 5. The van der Waals surface area contributed by atoms with Crippen molar-refractivity contribution in [2.45, 2.75) is 58.0 Å². The van der Waals surface area contributed by atoms with Crippen molar-refractivity contribution in [2.24, 2.45) is 11.8 Å². The molecule has 3 unspecified atom stereocenters. The highest BCUT2D eigenvalue weighted by atomic mass is 32.1. The van der Waals surface area contributed by atoms with E-state index in [1.54, 1.807) is 29.8 Å². The van der Waals surface area contributed by atoms with E-state index in [9.17, 15) is 9.59 Å². The van der Waals surface area contributed by atoms with Gasteiger partial charge in [0.25, 0.3) is 0 Å². The minimum Gasteiger partial charge on any atom is -0.381 e. The summed E-state index contributed by atoms with van der Waals surface area (Å²) in [6.45, 7) is 1.99. The fourth-order valence-corrected chi connectivity index (χ4v) is 6.65. The average Bonchev–Trinajstić information content (AvgIpc) is 3.29. The first-order valence-corrected chi connectivity index (χ1v) is 11.7. The van der Waals surface area contributed by atoms with Crippen LogP contribution in [0.2, 0.25) is 0 Å². The van der Waals surface area contributed by atoms with Crippen molar-refractivity contribution in [3.63, 3.8) is 0 Å². The molecule has 28 heavy (non-hydrogen) atoms. The first kappa shape index (κ1) is 19.7. The number of aromatic nitrogens is 1. The largest absolute Gasteiger partial charge is 0.381 e. The van der Waals surface area contributed by atoms with Gasteiger partial charge in [-0.15, -0.1) is 22.7 Å². The molecule has 2 aromatic rings. The molecule has 2 aliphatic carbocycles. The van der Waals surface area contributed by atoms with Gasteiger partial charge >= 0.3 is 0 Å². The Labute approximate surface area is 173 Å². The number of nitrogens with zero attached hydrogens (tertiary/aromatic N) is 1. The Morgan fingerprint density at radius 3 is 2.86 bits per heavy atom. The number of methoxy groups -OCH3 is 1. The molecule has 0 saturated heterocycles. The second kappa shape index (κ2) is 8.43. The van der Waals surface area contributed by atoms with Gasteiger partial charge in [0, 0.05) is 46.9 Å². The molecule has 7 heteroatoms. The van der Waals surface area contributed by atoms with Crippen molar-refractivity contribution in [2.75, 3.05) is 12.4 Å². The monoisotopic (exact) mass is 418 g/mol. The molecular weight excluding hydrogens is 392 g/mol. The Balaban J connectivity index is 1.67. The molecule has 2 aromatic heterocycles. The summed E-state index contributed by atoms with van der Waals surface area (Å²) in [5.74, 6) is -0.400. The Morgan fingerprint density at radius 2 is 2.14 bits per heavy atom. The quantitative estimate of drug-likeness (QED) is 0.719. The summed E-state index contributed by atoms with van der Waals surface area (Å²) >= 11 is 3.28. The molecule has 1 N–H and O–H groups in total. The number of aryl methyl sites for hydroxylation is 1. The Morgan fingerprint density at radius 1 is 1.32 bits per heavy atom. The van der Waals surface area contributed by atoms with Gasteiger partial charge in [-0.1, -0.05) is 12.8 Å². The molecule has 4 rings (SSSR count). The van der Waals surface area contributed by atoms with E-state index in [4.69, 9.17) is 9.72 Å². The van der Waals surface area contributed by atoms with Crippen molar-refractivity contribution in [1.82, 2.24) is 4.98 Å². The molecule has 0 radical (unpaired) electrons. The number of ether oxygens (including phenoxy) is 1. The maximum Gasteiger partial charge on any atom is 0.228 e. The fourth-order valence-electron chi connectivity index (χ4n) is 4.39. The van der Waals surface area contributed by atoms with Gasteiger partial charge in [-0.3, -0.25) is 4.79 Å². The number of nitrogens with one attached hydrogen (secondary N) is 1. The van der Waals surface area contributed by atoms with E-state index in [1.165, 1.54) is 10.4 Å². The third kappa shape index (κ3) is 3.80. The highest BCUT2D eigenvalue weighted by Gasteiger charge is 2.33. The molecule has 1 saturated carbocycles. The highest BCUT2D eigenvalue weighted by Crippen LogP contribution is 2.46. The lowest BCUT2D eigenvalue weighted by Crippen LogP contribution is -2.32. The smallest absolute Gasteiger partial charge is 0.228 e. The number of carbonyl (C=O) groups is 2. The zero-order valence-electron chi connectivity index (χ0n) is 16.3. The van der Waals surface area contributed by atoms with E-state index in [-0.39, 0.29) is 23.8 Å². The van der Waals surface area contributed by atoms with Crippen LogP contribution in [0.4, 0.5) is 5.00 Å². The van der Waals surface area contributed by atoms with Crippen LogP contribution in [0.1, 0.15) is 48.2 Å². The molecule has 0 aliphatic heterocycles. The van der Waals surface area contributed by atoms with Crippen LogP contribution in [0.3, 0.4) is 0 Å². The normalized spacial score (nSPS) is 24.6. The highest BCUT2D eigenvalue weighted by molar-refractivity contribution is 7.18. The minimum atomic E-state index is -0.219. The fraction of sp³-hybridized carbons (Fsp3) is 0.571. The van der Waals surface area contributed by atoms with Crippen LogP contribution in [0.25, 0.3) is 10.6 Å². The van der Waals surface area contributed by atoms with Gasteiger partial charge < -0.3 is 14.8 Å². The van der Waals surface area contributed by atoms with Crippen molar-refractivity contribution in [3.8, 4) is 10.6 Å². The van der Waals surface area contributed by atoms with Gasteiger partial charge in [0.15, 0.2) is 0 Å². The second-order valence-electron chi connectivity index (χ2n) is 7.78. The van der Waals surface area contributed by atoms with Gasteiger partial charge in [-0.05, 0) is 38.2 Å². The zero-order chi connectivity index (χ0) is 19.7. The maximum absolute atomic E-state index is 13.1. The van der Waals surface area contributed by atoms with Crippen molar-refractivity contribution in [1.29, 1.82) is 0 Å². The van der Waals surface area contributed by atoms with Crippen LogP contribution in [0, 0.1) is 18.8 Å². The van der Waals surface area contributed by atoms with Gasteiger partial charge in [-0.2, -0.15) is 0 Å². The molecule has 5 nitrogen and oxygen atoms in total. The summed E-state index contributed by atoms with van der Waals surface area (Å²) in [4.78, 5) is 30.5. The molecule has 1 fully saturated rings. The number of thiazole rings is 1. The second-order valence-corrected chi connectivity index (χ2v) is 9.75. The van der Waals surface area contributed by atoms with Crippen molar-refractivity contribution < 1.29 is 14.3 Å².